The van der Waals surface area contributed by atoms with Gasteiger partial charge in [0.2, 0.25) is 0 Å². The van der Waals surface area contributed by atoms with E-state index in [0.717, 1.165) is 0 Å². The van der Waals surface area contributed by atoms with Crippen molar-refractivity contribution in [1.29, 1.82) is 0 Å². The second-order valence-corrected chi connectivity index (χ2v) is 11.5. The summed E-state index contributed by atoms with van der Waals surface area (Å²) in [6.45, 7) is 6.50. The van der Waals surface area contributed by atoms with E-state index >= 15 is 0 Å². The SMILES string of the molecule is C1CCC(P(C2CCCCC2)C2CCCCC2)CC1.C=C[CH2-].O=C(O)C(F)(F)F.[Pd]. The normalized spacial score (nSPS) is 21.3. The van der Waals surface area contributed by atoms with Crippen molar-refractivity contribution in [2.45, 2.75) is 119 Å². The Labute approximate surface area is 196 Å². The smallest absolute Gasteiger partial charge is 0.475 e. The molecule has 0 heterocycles. The molecule has 2 nitrogen and oxygen atoms in total. The van der Waals surface area contributed by atoms with Crippen LogP contribution in [0.5, 0.6) is 0 Å². The van der Waals surface area contributed by atoms with Gasteiger partial charge in [0.25, 0.3) is 0 Å². The number of carboxylic acid groups (broad SMARTS) is 1. The molecule has 3 saturated carbocycles. The Morgan fingerprint density at radius 3 is 1.17 bits per heavy atom. The predicted molar refractivity (Wildman–Crippen MR) is 117 cm³/mol. The first-order chi connectivity index (χ1) is 13.8. The molecule has 3 aliphatic rings. The molecule has 0 radical (unpaired) electrons. The first kappa shape index (κ1) is 30.0. The second-order valence-electron chi connectivity index (χ2n) is 8.41. The number of halogens is 3. The van der Waals surface area contributed by atoms with Gasteiger partial charge in [0.1, 0.15) is 0 Å². The third-order valence-electron chi connectivity index (χ3n) is 6.23. The topological polar surface area (TPSA) is 37.3 Å². The zero-order valence-electron chi connectivity index (χ0n) is 18.1. The summed E-state index contributed by atoms with van der Waals surface area (Å²) in [5.41, 5.74) is 3.57. The molecule has 3 fully saturated rings. The molecular formula is C23H39F3O2PPd-. The van der Waals surface area contributed by atoms with Crippen molar-refractivity contribution in [3.05, 3.63) is 19.6 Å². The van der Waals surface area contributed by atoms with Gasteiger partial charge < -0.3 is 5.11 Å². The Morgan fingerprint density at radius 1 is 0.800 bits per heavy atom. The number of hydrogen-bond donors (Lipinski definition) is 1. The van der Waals surface area contributed by atoms with Gasteiger partial charge in [-0.05, 0) is 55.5 Å². The third kappa shape index (κ3) is 11.5. The van der Waals surface area contributed by atoms with Crippen LogP contribution in [0.2, 0.25) is 0 Å². The van der Waals surface area contributed by atoms with Crippen molar-refractivity contribution >= 4 is 13.9 Å². The summed E-state index contributed by atoms with van der Waals surface area (Å²) < 4.78 is 31.7. The second kappa shape index (κ2) is 16.6. The molecule has 0 amide bonds. The van der Waals surface area contributed by atoms with Crippen LogP contribution in [0, 0.1) is 6.92 Å². The first-order valence-electron chi connectivity index (χ1n) is 11.3. The van der Waals surface area contributed by atoms with Gasteiger partial charge in [0, 0.05) is 20.4 Å². The fraction of sp³-hybridized carbons (Fsp3) is 0.826. The van der Waals surface area contributed by atoms with Gasteiger partial charge in [0.15, 0.2) is 0 Å². The van der Waals surface area contributed by atoms with E-state index in [-0.39, 0.29) is 20.4 Å². The molecule has 0 unspecified atom stereocenters. The van der Waals surface area contributed by atoms with E-state index in [9.17, 15) is 13.2 Å². The Balaban J connectivity index is 0.000000651. The van der Waals surface area contributed by atoms with Gasteiger partial charge in [-0.1, -0.05) is 65.7 Å². The van der Waals surface area contributed by atoms with E-state index in [1.165, 1.54) is 42.3 Å². The number of hydrogen-bond acceptors (Lipinski definition) is 1. The monoisotopic (exact) mass is 541 g/mol. The van der Waals surface area contributed by atoms with Crippen molar-refractivity contribution in [3.63, 3.8) is 0 Å². The Bertz CT molecular complexity index is 413. The van der Waals surface area contributed by atoms with Crippen molar-refractivity contribution in [2.75, 3.05) is 0 Å². The van der Waals surface area contributed by atoms with Crippen LogP contribution in [0.25, 0.3) is 0 Å². The molecular weight excluding hydrogens is 503 g/mol. The Kier molecular flexibility index (Phi) is 16.6. The molecule has 1 N–H and O–H groups in total. The van der Waals surface area contributed by atoms with Crippen LogP contribution < -0.4 is 0 Å². The molecule has 30 heavy (non-hydrogen) atoms. The van der Waals surface area contributed by atoms with E-state index < -0.39 is 12.1 Å². The number of aliphatic carboxylic acids is 1. The first-order valence-corrected chi connectivity index (χ1v) is 12.8. The zero-order chi connectivity index (χ0) is 21.7. The molecule has 0 spiro atoms. The van der Waals surface area contributed by atoms with Crippen LogP contribution in [0.15, 0.2) is 12.7 Å². The van der Waals surface area contributed by atoms with Gasteiger partial charge >= 0.3 is 12.1 Å². The molecule has 0 saturated heterocycles. The Hall–Kier alpha value is -0.0377. The van der Waals surface area contributed by atoms with Gasteiger partial charge in [-0.3, -0.25) is 0 Å². The van der Waals surface area contributed by atoms with Gasteiger partial charge in [-0.2, -0.15) is 13.2 Å². The predicted octanol–water partition coefficient (Wildman–Crippen LogP) is 8.10. The van der Waals surface area contributed by atoms with E-state index in [0.29, 0.717) is 7.92 Å². The molecule has 0 aliphatic heterocycles. The number of alkyl halides is 3. The third-order valence-corrected chi connectivity index (χ3v) is 10.3. The molecule has 0 aromatic carbocycles. The number of carbonyl (C=O) groups is 1. The van der Waals surface area contributed by atoms with Crippen molar-refractivity contribution in [1.82, 2.24) is 0 Å². The van der Waals surface area contributed by atoms with Gasteiger partial charge in [0.05, 0.1) is 0 Å². The van der Waals surface area contributed by atoms with E-state index in [4.69, 9.17) is 9.90 Å². The largest absolute Gasteiger partial charge is 0.490 e. The van der Waals surface area contributed by atoms with Crippen molar-refractivity contribution < 1.29 is 43.5 Å². The quantitative estimate of drug-likeness (QED) is 0.223. The molecule has 3 aliphatic carbocycles. The average Bonchev–Trinajstić information content (AvgIpc) is 2.71. The van der Waals surface area contributed by atoms with E-state index in [1.807, 2.05) is 0 Å². The fourth-order valence-corrected chi connectivity index (χ4v) is 9.71. The Morgan fingerprint density at radius 2 is 1.00 bits per heavy atom. The maximum Gasteiger partial charge on any atom is 0.490 e. The van der Waals surface area contributed by atoms with Crippen molar-refractivity contribution in [2.24, 2.45) is 0 Å². The summed E-state index contributed by atoms with van der Waals surface area (Å²) in [6.07, 6.45) is 20.0. The van der Waals surface area contributed by atoms with Crippen LogP contribution in [0.3, 0.4) is 0 Å². The van der Waals surface area contributed by atoms with Crippen LogP contribution in [0.4, 0.5) is 13.2 Å². The summed E-state index contributed by atoms with van der Waals surface area (Å²) in [4.78, 5) is 8.90. The molecule has 180 valence electrons. The van der Waals surface area contributed by atoms with Crippen molar-refractivity contribution in [3.8, 4) is 0 Å². The standard InChI is InChI=1S/C18H33P.C3H5.C2HF3O2.Pd/c1-4-10-16(11-5-1)19(17-12-6-2-7-13-17)18-14-8-3-9-15-18;1-3-2;3-2(4,5)1(6)7;/h16-18H,1-15H2;3H,1-2H2;(H,6,7);/q;-1;;. The minimum atomic E-state index is -5.08. The van der Waals surface area contributed by atoms with Crippen LogP contribution in [-0.4, -0.2) is 34.2 Å². The van der Waals surface area contributed by atoms with Crippen LogP contribution in [-0.2, 0) is 25.2 Å². The average molecular weight is 542 g/mol. The van der Waals surface area contributed by atoms with Crippen LogP contribution in [0.1, 0.15) is 96.3 Å². The summed E-state index contributed by atoms with van der Waals surface area (Å²) in [7, 11) is 0.385. The molecule has 0 bridgehead atoms. The minimum Gasteiger partial charge on any atom is -0.475 e. The molecule has 0 atom stereocenters. The number of carboxylic acids is 1. The fourth-order valence-electron chi connectivity index (χ4n) is 5.03. The van der Waals surface area contributed by atoms with Gasteiger partial charge in [-0.25, -0.2) is 24.4 Å². The molecule has 0 aromatic heterocycles. The van der Waals surface area contributed by atoms with Gasteiger partial charge in [-0.15, -0.1) is 0 Å². The van der Waals surface area contributed by atoms with E-state index in [2.05, 4.69) is 13.5 Å². The van der Waals surface area contributed by atoms with Crippen LogP contribution >= 0.6 is 7.92 Å². The number of rotatable bonds is 3. The summed E-state index contributed by atoms with van der Waals surface area (Å²) in [5.74, 6) is -2.76. The maximum atomic E-state index is 10.6. The summed E-state index contributed by atoms with van der Waals surface area (Å²) >= 11 is 0. The summed E-state index contributed by atoms with van der Waals surface area (Å²) in [5, 5.41) is 7.12. The zero-order valence-corrected chi connectivity index (χ0v) is 20.5. The van der Waals surface area contributed by atoms with E-state index in [1.54, 1.807) is 77.0 Å². The minimum absolute atomic E-state index is 0. The molecule has 0 aromatic rings. The molecule has 3 rings (SSSR count). The number of allylic oxidation sites excluding steroid dienone is 1. The maximum absolute atomic E-state index is 10.6. The summed E-state index contributed by atoms with van der Waals surface area (Å²) in [6, 6.07) is 0. The molecule has 7 heteroatoms.